The van der Waals surface area contributed by atoms with Crippen LogP contribution in [-0.4, -0.2) is 41.4 Å². The Morgan fingerprint density at radius 3 is 2.63 bits per heavy atom. The number of hydrogen-bond acceptors (Lipinski definition) is 6. The number of aromatic hydroxyl groups is 1. The van der Waals surface area contributed by atoms with Crippen molar-refractivity contribution in [2.75, 3.05) is 20.3 Å². The molecule has 1 fully saturated rings. The fourth-order valence-electron chi connectivity index (χ4n) is 2.44. The molecule has 0 bridgehead atoms. The maximum Gasteiger partial charge on any atom is 0.293 e. The van der Waals surface area contributed by atoms with Crippen molar-refractivity contribution in [2.24, 2.45) is 0 Å². The van der Waals surface area contributed by atoms with Gasteiger partial charge in [0, 0.05) is 10.6 Å². The van der Waals surface area contributed by atoms with Gasteiger partial charge in [-0.3, -0.25) is 14.5 Å². The third kappa shape index (κ3) is 4.37. The Balaban J connectivity index is 1.67. The number of para-hydroxylation sites is 1. The quantitative estimate of drug-likeness (QED) is 0.727. The number of nitrogens with zero attached hydrogens (tertiary/aromatic N) is 1. The third-order valence-corrected chi connectivity index (χ3v) is 4.97. The second-order valence-corrected chi connectivity index (χ2v) is 6.96. The molecule has 8 heteroatoms. The molecule has 6 nitrogen and oxygen atoms in total. The first kappa shape index (κ1) is 19.1. The minimum atomic E-state index is -0.424. The molecule has 1 N–H and O–H groups in total. The maximum atomic E-state index is 12.5. The van der Waals surface area contributed by atoms with Crippen LogP contribution in [0.25, 0.3) is 6.08 Å². The molecular formula is C19H16ClNO5S. The van der Waals surface area contributed by atoms with Gasteiger partial charge in [0.1, 0.15) is 12.4 Å². The van der Waals surface area contributed by atoms with Gasteiger partial charge in [0.25, 0.3) is 11.1 Å². The number of benzene rings is 2. The number of imide groups is 1. The van der Waals surface area contributed by atoms with Crippen LogP contribution in [0.15, 0.2) is 47.4 Å². The van der Waals surface area contributed by atoms with E-state index in [9.17, 15) is 14.7 Å². The number of hydrogen-bond donors (Lipinski definition) is 1. The maximum absolute atomic E-state index is 12.5. The molecule has 27 heavy (non-hydrogen) atoms. The average Bonchev–Trinajstić information content (AvgIpc) is 2.92. The molecule has 0 spiro atoms. The zero-order valence-electron chi connectivity index (χ0n) is 14.3. The van der Waals surface area contributed by atoms with Crippen molar-refractivity contribution < 1.29 is 24.2 Å². The Kier molecular flexibility index (Phi) is 5.93. The highest BCUT2D eigenvalue weighted by atomic mass is 35.5. The molecule has 0 unspecified atom stereocenters. The standard InChI is InChI=1S/C19H16ClNO5S/c1-25-15-4-2-3-12(17(15)22)11-16-18(23)21(19(24)27-16)9-10-26-14-7-5-13(20)6-8-14/h2-8,11,22H,9-10H2,1H3/b16-11-. The molecule has 1 saturated heterocycles. The van der Waals surface area contributed by atoms with Crippen molar-refractivity contribution >= 4 is 40.6 Å². The molecule has 140 valence electrons. The lowest BCUT2D eigenvalue weighted by Crippen LogP contribution is -2.32. The second-order valence-electron chi connectivity index (χ2n) is 5.53. The van der Waals surface area contributed by atoms with Crippen LogP contribution >= 0.6 is 23.4 Å². The van der Waals surface area contributed by atoms with Gasteiger partial charge < -0.3 is 14.6 Å². The average molecular weight is 406 g/mol. The molecule has 2 aromatic rings. The van der Waals surface area contributed by atoms with E-state index in [1.54, 1.807) is 42.5 Å². The predicted molar refractivity (Wildman–Crippen MR) is 104 cm³/mol. The Morgan fingerprint density at radius 2 is 1.93 bits per heavy atom. The molecular weight excluding hydrogens is 390 g/mol. The van der Waals surface area contributed by atoms with Crippen molar-refractivity contribution in [3.63, 3.8) is 0 Å². The highest BCUT2D eigenvalue weighted by Gasteiger charge is 2.35. The number of carbonyl (C=O) groups excluding carboxylic acids is 2. The number of carbonyl (C=O) groups is 2. The molecule has 2 aromatic carbocycles. The Hall–Kier alpha value is -2.64. The lowest BCUT2D eigenvalue weighted by Gasteiger charge is -2.13. The van der Waals surface area contributed by atoms with Gasteiger partial charge in [-0.05, 0) is 48.2 Å². The summed E-state index contributed by atoms with van der Waals surface area (Å²) in [4.78, 5) is 26.0. The van der Waals surface area contributed by atoms with E-state index in [1.165, 1.54) is 13.2 Å². The largest absolute Gasteiger partial charge is 0.504 e. The zero-order chi connectivity index (χ0) is 19.4. The first-order valence-electron chi connectivity index (χ1n) is 7.99. The van der Waals surface area contributed by atoms with E-state index >= 15 is 0 Å². The highest BCUT2D eigenvalue weighted by molar-refractivity contribution is 8.18. The van der Waals surface area contributed by atoms with Crippen LogP contribution in [0.1, 0.15) is 5.56 Å². The van der Waals surface area contributed by atoms with E-state index in [0.29, 0.717) is 22.1 Å². The Labute approximate surface area is 165 Å². The van der Waals surface area contributed by atoms with Crippen LogP contribution < -0.4 is 9.47 Å². The van der Waals surface area contributed by atoms with Crippen LogP contribution in [0, 0.1) is 0 Å². The molecule has 0 saturated carbocycles. The molecule has 3 rings (SSSR count). The van der Waals surface area contributed by atoms with Crippen molar-refractivity contribution in [3.8, 4) is 17.2 Å². The van der Waals surface area contributed by atoms with Crippen LogP contribution in [0.5, 0.6) is 17.2 Å². The summed E-state index contributed by atoms with van der Waals surface area (Å²) in [7, 11) is 1.44. The highest BCUT2D eigenvalue weighted by Crippen LogP contribution is 2.36. The second kappa shape index (κ2) is 8.37. The number of thioether (sulfide) groups is 1. The number of phenols is 1. The van der Waals surface area contributed by atoms with Gasteiger partial charge in [0.05, 0.1) is 18.6 Å². The van der Waals surface area contributed by atoms with Gasteiger partial charge in [-0.25, -0.2) is 0 Å². The Morgan fingerprint density at radius 1 is 1.19 bits per heavy atom. The number of methoxy groups -OCH3 is 1. The van der Waals surface area contributed by atoms with E-state index in [-0.39, 0.29) is 29.0 Å². The molecule has 0 aliphatic carbocycles. The van der Waals surface area contributed by atoms with Crippen LogP contribution in [0.4, 0.5) is 4.79 Å². The van der Waals surface area contributed by atoms with Crippen LogP contribution in [-0.2, 0) is 4.79 Å². The number of halogens is 1. The van der Waals surface area contributed by atoms with Crippen LogP contribution in [0.2, 0.25) is 5.02 Å². The summed E-state index contributed by atoms with van der Waals surface area (Å²) in [5.41, 5.74) is 0.400. The summed E-state index contributed by atoms with van der Waals surface area (Å²) in [6, 6.07) is 11.7. The molecule has 2 amide bonds. The number of phenolic OH excluding ortho intramolecular Hbond substituents is 1. The van der Waals surface area contributed by atoms with Crippen molar-refractivity contribution in [1.82, 2.24) is 4.90 Å². The SMILES string of the molecule is COc1cccc(/C=C2\SC(=O)N(CCOc3ccc(Cl)cc3)C2=O)c1O. The lowest BCUT2D eigenvalue weighted by molar-refractivity contribution is -0.123. The predicted octanol–water partition coefficient (Wildman–Crippen LogP) is 4.17. The van der Waals surface area contributed by atoms with E-state index < -0.39 is 5.91 Å². The first-order valence-corrected chi connectivity index (χ1v) is 9.18. The smallest absolute Gasteiger partial charge is 0.293 e. The summed E-state index contributed by atoms with van der Waals surface area (Å²) >= 11 is 6.63. The molecule has 0 aromatic heterocycles. The van der Waals surface area contributed by atoms with E-state index in [4.69, 9.17) is 21.1 Å². The number of rotatable bonds is 6. The summed E-state index contributed by atoms with van der Waals surface area (Å²) in [6.45, 7) is 0.284. The van der Waals surface area contributed by atoms with Crippen molar-refractivity contribution in [2.45, 2.75) is 0 Å². The van der Waals surface area contributed by atoms with E-state index in [1.807, 2.05) is 0 Å². The topological polar surface area (TPSA) is 76.1 Å². The third-order valence-electron chi connectivity index (χ3n) is 3.81. The minimum Gasteiger partial charge on any atom is -0.504 e. The van der Waals surface area contributed by atoms with Gasteiger partial charge in [-0.2, -0.15) is 0 Å². The Bertz CT molecular complexity index is 897. The van der Waals surface area contributed by atoms with E-state index in [0.717, 1.165) is 16.7 Å². The van der Waals surface area contributed by atoms with Crippen molar-refractivity contribution in [3.05, 3.63) is 58.0 Å². The molecule has 0 radical (unpaired) electrons. The fourth-order valence-corrected chi connectivity index (χ4v) is 3.42. The summed E-state index contributed by atoms with van der Waals surface area (Å²) < 4.78 is 10.6. The number of ether oxygens (including phenoxy) is 2. The molecule has 0 atom stereocenters. The molecule has 1 aliphatic heterocycles. The number of amides is 2. The van der Waals surface area contributed by atoms with Gasteiger partial charge >= 0.3 is 0 Å². The van der Waals surface area contributed by atoms with Crippen LogP contribution in [0.3, 0.4) is 0 Å². The zero-order valence-corrected chi connectivity index (χ0v) is 15.9. The summed E-state index contributed by atoms with van der Waals surface area (Å²) in [5.74, 6) is 0.382. The first-order chi connectivity index (χ1) is 13.0. The summed E-state index contributed by atoms with van der Waals surface area (Å²) in [5, 5.41) is 10.4. The fraction of sp³-hybridized carbons (Fsp3) is 0.158. The lowest BCUT2D eigenvalue weighted by atomic mass is 10.1. The van der Waals surface area contributed by atoms with Gasteiger partial charge in [0.2, 0.25) is 0 Å². The monoisotopic (exact) mass is 405 g/mol. The van der Waals surface area contributed by atoms with Gasteiger partial charge in [0.15, 0.2) is 11.5 Å². The van der Waals surface area contributed by atoms with E-state index in [2.05, 4.69) is 0 Å². The van der Waals surface area contributed by atoms with Gasteiger partial charge in [-0.15, -0.1) is 0 Å². The summed E-state index contributed by atoms with van der Waals surface area (Å²) in [6.07, 6.45) is 1.48. The molecule has 1 aliphatic rings. The minimum absolute atomic E-state index is 0.0853. The molecule has 1 heterocycles. The normalized spacial score (nSPS) is 15.5. The van der Waals surface area contributed by atoms with Gasteiger partial charge in [-0.1, -0.05) is 23.7 Å². The van der Waals surface area contributed by atoms with Crippen molar-refractivity contribution in [1.29, 1.82) is 0 Å².